The summed E-state index contributed by atoms with van der Waals surface area (Å²) in [4.78, 5) is 33.8. The Morgan fingerprint density at radius 1 is 1.13 bits per heavy atom. The SMILES string of the molecule is CCOC(=O)C1CCCN(c2ccc(-c3nc4c(C(=O)OC5C(C(C)C)CC(C)CC5C(C)(C)C)c(C#N)cn4[nH]3)cc2NS(=O)(=O)c2ccccc2)C1. The van der Waals surface area contributed by atoms with E-state index in [0.717, 1.165) is 19.3 Å². The van der Waals surface area contributed by atoms with Crippen molar-refractivity contribution in [3.63, 3.8) is 0 Å². The number of piperidine rings is 1. The van der Waals surface area contributed by atoms with Crippen LogP contribution >= 0.6 is 0 Å². The number of esters is 2. The third-order valence-electron chi connectivity index (χ3n) is 11.1. The fourth-order valence-electron chi connectivity index (χ4n) is 8.25. The van der Waals surface area contributed by atoms with Gasteiger partial charge in [0.1, 0.15) is 17.7 Å². The molecule has 2 aromatic carbocycles. The number of fused-ring (bicyclic) bond motifs is 1. The van der Waals surface area contributed by atoms with Gasteiger partial charge in [0.25, 0.3) is 10.0 Å². The zero-order valence-corrected chi connectivity index (χ0v) is 33.1. The molecule has 13 heteroatoms. The molecule has 1 aliphatic heterocycles. The minimum Gasteiger partial charge on any atom is -0.466 e. The summed E-state index contributed by atoms with van der Waals surface area (Å²) >= 11 is 0. The number of aromatic amines is 1. The van der Waals surface area contributed by atoms with Crippen LogP contribution in [0.2, 0.25) is 0 Å². The number of H-pyrrole nitrogens is 1. The molecule has 0 spiro atoms. The molecule has 4 aromatic rings. The second-order valence-corrected chi connectivity index (χ2v) is 18.0. The molecule has 2 N–H and O–H groups in total. The highest BCUT2D eigenvalue weighted by Crippen LogP contribution is 2.47. The number of ether oxygens (including phenoxy) is 2. The highest BCUT2D eigenvalue weighted by Gasteiger charge is 2.45. The lowest BCUT2D eigenvalue weighted by atomic mass is 9.62. The fourth-order valence-corrected chi connectivity index (χ4v) is 9.34. The van der Waals surface area contributed by atoms with Gasteiger partial charge in [0.15, 0.2) is 11.5 Å². The largest absolute Gasteiger partial charge is 0.466 e. The van der Waals surface area contributed by atoms with Crippen LogP contribution in [-0.4, -0.2) is 60.8 Å². The fraction of sp³-hybridized carbons (Fsp3) is 0.512. The number of sulfonamides is 1. The van der Waals surface area contributed by atoms with E-state index in [9.17, 15) is 23.3 Å². The van der Waals surface area contributed by atoms with Gasteiger partial charge in [-0.25, -0.2) is 22.7 Å². The van der Waals surface area contributed by atoms with Crippen LogP contribution in [0, 0.1) is 46.3 Å². The minimum absolute atomic E-state index is 0.0914. The minimum atomic E-state index is -4.00. The van der Waals surface area contributed by atoms with E-state index in [1.807, 2.05) is 17.0 Å². The molecule has 5 atom stereocenters. The summed E-state index contributed by atoms with van der Waals surface area (Å²) in [5.41, 5.74) is 1.84. The normalized spacial score (nSPS) is 22.2. The van der Waals surface area contributed by atoms with Gasteiger partial charge in [-0.2, -0.15) is 5.26 Å². The first-order valence-electron chi connectivity index (χ1n) is 19.0. The molecule has 288 valence electrons. The number of aromatic nitrogens is 3. The molecule has 6 rings (SSSR count). The Morgan fingerprint density at radius 3 is 2.54 bits per heavy atom. The monoisotopic (exact) mass is 756 g/mol. The maximum absolute atomic E-state index is 14.2. The Morgan fingerprint density at radius 2 is 1.87 bits per heavy atom. The average Bonchev–Trinajstić information content (AvgIpc) is 3.70. The van der Waals surface area contributed by atoms with E-state index in [2.05, 4.69) is 57.4 Å². The molecule has 0 amide bonds. The van der Waals surface area contributed by atoms with Crippen molar-refractivity contribution in [3.05, 3.63) is 65.9 Å². The number of carbonyl (C=O) groups is 2. The zero-order chi connectivity index (χ0) is 38.9. The number of nitriles is 1. The van der Waals surface area contributed by atoms with Gasteiger partial charge >= 0.3 is 11.9 Å². The molecule has 1 saturated carbocycles. The van der Waals surface area contributed by atoms with Gasteiger partial charge < -0.3 is 14.4 Å². The summed E-state index contributed by atoms with van der Waals surface area (Å²) < 4.78 is 43.4. The van der Waals surface area contributed by atoms with Crippen LogP contribution in [0.1, 0.15) is 90.1 Å². The molecule has 0 radical (unpaired) electrons. The van der Waals surface area contributed by atoms with Gasteiger partial charge in [-0.1, -0.05) is 59.7 Å². The molecule has 2 aromatic heterocycles. The van der Waals surface area contributed by atoms with Crippen molar-refractivity contribution in [2.24, 2.45) is 35.0 Å². The molecule has 5 unspecified atom stereocenters. The van der Waals surface area contributed by atoms with Crippen molar-refractivity contribution >= 4 is 39.0 Å². The first kappa shape index (κ1) is 38.9. The first-order valence-corrected chi connectivity index (χ1v) is 20.5. The summed E-state index contributed by atoms with van der Waals surface area (Å²) in [5, 5.41) is 13.3. The zero-order valence-electron chi connectivity index (χ0n) is 32.3. The van der Waals surface area contributed by atoms with Crippen LogP contribution in [0.25, 0.3) is 17.0 Å². The van der Waals surface area contributed by atoms with E-state index >= 15 is 0 Å². The average molecular weight is 757 g/mol. The molecule has 0 bridgehead atoms. The predicted octanol–water partition coefficient (Wildman–Crippen LogP) is 7.67. The number of hydrogen-bond acceptors (Lipinski definition) is 9. The lowest BCUT2D eigenvalue weighted by molar-refractivity contribution is -0.148. The second-order valence-electron chi connectivity index (χ2n) is 16.3. The van der Waals surface area contributed by atoms with Crippen LogP contribution in [-0.2, 0) is 24.3 Å². The standard InChI is InChI=1S/C41H52N6O6S/c1-8-52-39(48)28-13-12-18-46(23-28)34-17-16-27(21-33(34)45-54(50,51)30-14-10-9-11-15-30)37-43-38-35(29(22-42)24-47(38)44-37)40(49)53-36-31(25(2)3)19-26(4)20-32(36)41(5,6)7/h9-11,14-17,21,24-26,28,31-32,36,45H,8,12-13,18-20,23H2,1-7H3,(H,43,44). The van der Waals surface area contributed by atoms with Crippen LogP contribution in [0.4, 0.5) is 11.4 Å². The summed E-state index contributed by atoms with van der Waals surface area (Å²) in [7, 11) is -4.00. The molecule has 1 saturated heterocycles. The third kappa shape index (κ3) is 7.99. The molecular formula is C41H52N6O6S. The Balaban J connectivity index is 1.37. The van der Waals surface area contributed by atoms with Crippen molar-refractivity contribution in [2.45, 2.75) is 85.1 Å². The Labute approximate surface area is 318 Å². The van der Waals surface area contributed by atoms with Crippen LogP contribution in [0.15, 0.2) is 59.6 Å². The van der Waals surface area contributed by atoms with Crippen LogP contribution in [0.5, 0.6) is 0 Å². The quantitative estimate of drug-likeness (QED) is 0.155. The molecule has 54 heavy (non-hydrogen) atoms. The smallest absolute Gasteiger partial charge is 0.343 e. The van der Waals surface area contributed by atoms with Crippen molar-refractivity contribution in [1.82, 2.24) is 14.6 Å². The van der Waals surface area contributed by atoms with E-state index in [-0.39, 0.29) is 63.5 Å². The predicted molar refractivity (Wildman–Crippen MR) is 207 cm³/mol. The molecular weight excluding hydrogens is 705 g/mol. The first-order chi connectivity index (χ1) is 25.6. The number of anilines is 2. The number of hydrogen-bond donors (Lipinski definition) is 2. The van der Waals surface area contributed by atoms with E-state index in [1.54, 1.807) is 31.2 Å². The molecule has 1 aliphatic carbocycles. The van der Waals surface area contributed by atoms with E-state index in [4.69, 9.17) is 14.5 Å². The van der Waals surface area contributed by atoms with Gasteiger partial charge in [-0.3, -0.25) is 14.6 Å². The molecule has 2 aliphatic rings. The number of nitrogens with one attached hydrogen (secondary N) is 2. The van der Waals surface area contributed by atoms with Crippen molar-refractivity contribution < 1.29 is 27.5 Å². The maximum atomic E-state index is 14.2. The third-order valence-corrected chi connectivity index (χ3v) is 12.4. The highest BCUT2D eigenvalue weighted by atomic mass is 32.2. The highest BCUT2D eigenvalue weighted by molar-refractivity contribution is 7.92. The van der Waals surface area contributed by atoms with Crippen molar-refractivity contribution in [1.29, 1.82) is 5.26 Å². The molecule has 2 fully saturated rings. The van der Waals surface area contributed by atoms with Crippen molar-refractivity contribution in [2.75, 3.05) is 29.3 Å². The van der Waals surface area contributed by atoms with Gasteiger partial charge in [-0.05, 0) is 86.1 Å². The van der Waals surface area contributed by atoms with Crippen LogP contribution < -0.4 is 9.62 Å². The number of nitrogens with zero attached hydrogens (tertiary/aromatic N) is 4. The lowest BCUT2D eigenvalue weighted by Crippen LogP contribution is -2.47. The van der Waals surface area contributed by atoms with E-state index in [1.165, 1.54) is 22.8 Å². The number of benzene rings is 2. The Hall–Kier alpha value is -4.83. The van der Waals surface area contributed by atoms with E-state index in [0.29, 0.717) is 54.1 Å². The van der Waals surface area contributed by atoms with Gasteiger partial charge in [-0.15, -0.1) is 0 Å². The maximum Gasteiger partial charge on any atom is 0.343 e. The topological polar surface area (TPSA) is 159 Å². The summed E-state index contributed by atoms with van der Waals surface area (Å²) in [6.07, 6.45) is 4.53. The van der Waals surface area contributed by atoms with Gasteiger partial charge in [0.2, 0.25) is 0 Å². The lowest BCUT2D eigenvalue weighted by Gasteiger charge is -2.47. The van der Waals surface area contributed by atoms with E-state index < -0.39 is 16.0 Å². The van der Waals surface area contributed by atoms with Crippen LogP contribution in [0.3, 0.4) is 0 Å². The molecule has 3 heterocycles. The Bertz CT molecular complexity index is 2150. The van der Waals surface area contributed by atoms with Gasteiger partial charge in [0, 0.05) is 30.8 Å². The summed E-state index contributed by atoms with van der Waals surface area (Å²) in [6, 6.07) is 15.6. The summed E-state index contributed by atoms with van der Waals surface area (Å²) in [6.45, 7) is 16.2. The Kier molecular flexibility index (Phi) is 11.2. The summed E-state index contributed by atoms with van der Waals surface area (Å²) in [5.74, 6) is 0.275. The van der Waals surface area contributed by atoms with Crippen molar-refractivity contribution in [3.8, 4) is 17.5 Å². The van der Waals surface area contributed by atoms with Gasteiger partial charge in [0.05, 0.1) is 34.4 Å². The second kappa shape index (κ2) is 15.5. The molecule has 12 nitrogen and oxygen atoms in total. The number of rotatable bonds is 10. The number of carbonyl (C=O) groups excluding carboxylic acids is 2.